The lowest BCUT2D eigenvalue weighted by molar-refractivity contribution is -0.116. The zero-order valence-corrected chi connectivity index (χ0v) is 15.8. The van der Waals surface area contributed by atoms with E-state index in [2.05, 4.69) is 10.3 Å². The summed E-state index contributed by atoms with van der Waals surface area (Å²) >= 11 is 1.40. The molecule has 0 saturated heterocycles. The van der Waals surface area contributed by atoms with Crippen LogP contribution >= 0.6 is 11.3 Å². The molecule has 0 radical (unpaired) electrons. The van der Waals surface area contributed by atoms with Crippen molar-refractivity contribution in [2.45, 2.75) is 33.8 Å². The van der Waals surface area contributed by atoms with Crippen LogP contribution in [-0.4, -0.2) is 15.3 Å². The molecule has 0 unspecified atom stereocenters. The average molecular weight is 371 g/mol. The van der Waals surface area contributed by atoms with Gasteiger partial charge in [-0.1, -0.05) is 19.9 Å². The summed E-state index contributed by atoms with van der Waals surface area (Å²) in [4.78, 5) is 29.2. The molecular formula is C19H21N3O3S. The molecule has 7 heteroatoms. The number of benzene rings is 1. The van der Waals surface area contributed by atoms with Gasteiger partial charge in [0.2, 0.25) is 5.91 Å². The molecule has 0 spiro atoms. The first-order valence-electron chi connectivity index (χ1n) is 8.41. The normalized spacial score (nSPS) is 11.1. The fourth-order valence-corrected chi connectivity index (χ4v) is 3.29. The van der Waals surface area contributed by atoms with E-state index in [4.69, 9.17) is 4.74 Å². The second-order valence-electron chi connectivity index (χ2n) is 6.58. The Bertz CT molecular complexity index is 991. The van der Waals surface area contributed by atoms with Gasteiger partial charge in [0, 0.05) is 24.1 Å². The minimum atomic E-state index is -0.135. The minimum absolute atomic E-state index is 0.0492. The molecule has 6 nitrogen and oxygen atoms in total. The average Bonchev–Trinajstić information content (AvgIpc) is 3.02. The van der Waals surface area contributed by atoms with Gasteiger partial charge in [-0.25, -0.2) is 4.98 Å². The van der Waals surface area contributed by atoms with Crippen molar-refractivity contribution in [1.82, 2.24) is 9.38 Å². The van der Waals surface area contributed by atoms with Crippen molar-refractivity contribution < 1.29 is 9.53 Å². The first-order chi connectivity index (χ1) is 12.4. The van der Waals surface area contributed by atoms with E-state index in [1.165, 1.54) is 21.8 Å². The van der Waals surface area contributed by atoms with Crippen LogP contribution in [0.15, 0.2) is 40.6 Å². The van der Waals surface area contributed by atoms with Crippen LogP contribution < -0.4 is 15.6 Å². The molecule has 0 fully saturated rings. The summed E-state index contributed by atoms with van der Waals surface area (Å²) in [6, 6.07) is 7.07. The van der Waals surface area contributed by atoms with Crippen LogP contribution in [0.4, 0.5) is 5.69 Å². The zero-order chi connectivity index (χ0) is 18.7. The van der Waals surface area contributed by atoms with E-state index < -0.39 is 0 Å². The van der Waals surface area contributed by atoms with Crippen LogP contribution in [0.25, 0.3) is 4.96 Å². The number of nitrogens with one attached hydrogen (secondary N) is 1. The summed E-state index contributed by atoms with van der Waals surface area (Å²) in [5.41, 5.74) is 2.07. The molecule has 2 aromatic heterocycles. The minimum Gasteiger partial charge on any atom is -0.485 e. The number of fused-ring (bicyclic) bond motifs is 1. The standard InChI is InChI=1S/C19H21N3O3S/c1-12(2)8-17(23)21-15-9-13(3)4-5-16(15)25-11-14-10-18(24)22-6-7-26-19(22)20-14/h4-7,9-10,12H,8,11H2,1-3H3,(H,21,23). The summed E-state index contributed by atoms with van der Waals surface area (Å²) in [6.45, 7) is 6.10. The molecule has 3 aromatic rings. The van der Waals surface area contributed by atoms with Gasteiger partial charge < -0.3 is 10.1 Å². The lowest BCUT2D eigenvalue weighted by atomic mass is 10.1. The molecule has 0 saturated carbocycles. The highest BCUT2D eigenvalue weighted by Gasteiger charge is 2.11. The largest absolute Gasteiger partial charge is 0.485 e. The van der Waals surface area contributed by atoms with E-state index in [1.54, 1.807) is 6.20 Å². The molecule has 26 heavy (non-hydrogen) atoms. The van der Waals surface area contributed by atoms with Crippen LogP contribution in [-0.2, 0) is 11.4 Å². The summed E-state index contributed by atoms with van der Waals surface area (Å²) < 4.78 is 7.34. The van der Waals surface area contributed by atoms with E-state index in [0.717, 1.165) is 5.56 Å². The van der Waals surface area contributed by atoms with Gasteiger partial charge >= 0.3 is 0 Å². The molecule has 1 N–H and O–H groups in total. The smallest absolute Gasteiger partial charge is 0.258 e. The Balaban J connectivity index is 1.78. The first-order valence-corrected chi connectivity index (χ1v) is 9.29. The molecule has 3 rings (SSSR count). The van der Waals surface area contributed by atoms with Crippen molar-refractivity contribution in [2.75, 3.05) is 5.32 Å². The highest BCUT2D eigenvalue weighted by atomic mass is 32.1. The Morgan fingerprint density at radius 1 is 1.35 bits per heavy atom. The predicted octanol–water partition coefficient (Wildman–Crippen LogP) is 3.63. The summed E-state index contributed by atoms with van der Waals surface area (Å²) in [5.74, 6) is 0.784. The van der Waals surface area contributed by atoms with Crippen molar-refractivity contribution in [3.63, 3.8) is 0 Å². The third-order valence-electron chi connectivity index (χ3n) is 3.73. The highest BCUT2D eigenvalue weighted by Crippen LogP contribution is 2.27. The molecule has 0 bridgehead atoms. The number of hydrogen-bond donors (Lipinski definition) is 1. The van der Waals surface area contributed by atoms with E-state index in [0.29, 0.717) is 28.5 Å². The van der Waals surface area contributed by atoms with E-state index in [-0.39, 0.29) is 24.0 Å². The van der Waals surface area contributed by atoms with Crippen molar-refractivity contribution in [1.29, 1.82) is 0 Å². The second kappa shape index (κ2) is 7.70. The van der Waals surface area contributed by atoms with Crippen LogP contribution in [0.1, 0.15) is 31.5 Å². The highest BCUT2D eigenvalue weighted by molar-refractivity contribution is 7.15. The molecule has 0 aliphatic rings. The lowest BCUT2D eigenvalue weighted by Gasteiger charge is -2.14. The molecule has 1 aromatic carbocycles. The number of amides is 1. The fraction of sp³-hybridized carbons (Fsp3) is 0.316. The number of anilines is 1. The van der Waals surface area contributed by atoms with Crippen LogP contribution in [0.5, 0.6) is 5.75 Å². The summed E-state index contributed by atoms with van der Waals surface area (Å²) in [6.07, 6.45) is 2.14. The van der Waals surface area contributed by atoms with Gasteiger partial charge in [0.25, 0.3) is 5.56 Å². The number of nitrogens with zero attached hydrogens (tertiary/aromatic N) is 2. The molecule has 1 amide bonds. The van der Waals surface area contributed by atoms with Crippen molar-refractivity contribution in [2.24, 2.45) is 5.92 Å². The number of aromatic nitrogens is 2. The predicted molar refractivity (Wildman–Crippen MR) is 103 cm³/mol. The maximum absolute atomic E-state index is 12.1. The topological polar surface area (TPSA) is 72.7 Å². The van der Waals surface area contributed by atoms with Gasteiger partial charge in [0.15, 0.2) is 4.96 Å². The summed E-state index contributed by atoms with van der Waals surface area (Å²) in [5, 5.41) is 4.72. The number of aryl methyl sites for hydroxylation is 1. The Hall–Kier alpha value is -2.67. The lowest BCUT2D eigenvalue weighted by Crippen LogP contribution is -2.16. The van der Waals surface area contributed by atoms with Crippen molar-refractivity contribution in [3.8, 4) is 5.75 Å². The maximum Gasteiger partial charge on any atom is 0.258 e. The monoisotopic (exact) mass is 371 g/mol. The van der Waals surface area contributed by atoms with Crippen LogP contribution in [0, 0.1) is 12.8 Å². The molecule has 0 aliphatic carbocycles. The van der Waals surface area contributed by atoms with Gasteiger partial charge in [-0.15, -0.1) is 11.3 Å². The SMILES string of the molecule is Cc1ccc(OCc2cc(=O)n3ccsc3n2)c(NC(=O)CC(C)C)c1. The Labute approximate surface area is 155 Å². The van der Waals surface area contributed by atoms with Gasteiger partial charge in [-0.3, -0.25) is 14.0 Å². The third-order valence-corrected chi connectivity index (χ3v) is 4.49. The number of carbonyl (C=O) groups is 1. The Kier molecular flexibility index (Phi) is 5.37. The van der Waals surface area contributed by atoms with E-state index in [1.807, 2.05) is 44.4 Å². The summed E-state index contributed by atoms with van der Waals surface area (Å²) in [7, 11) is 0. The Morgan fingerprint density at radius 3 is 2.92 bits per heavy atom. The number of ether oxygens (including phenoxy) is 1. The van der Waals surface area contributed by atoms with Gasteiger partial charge in [0.05, 0.1) is 11.4 Å². The molecule has 136 valence electrons. The molecular weight excluding hydrogens is 350 g/mol. The number of hydrogen-bond acceptors (Lipinski definition) is 5. The quantitative estimate of drug-likeness (QED) is 0.718. The first kappa shape index (κ1) is 18.1. The van der Waals surface area contributed by atoms with Gasteiger partial charge in [-0.05, 0) is 30.5 Å². The molecule has 0 aliphatic heterocycles. The van der Waals surface area contributed by atoms with Gasteiger partial charge in [0.1, 0.15) is 12.4 Å². The number of rotatable bonds is 6. The van der Waals surface area contributed by atoms with E-state index >= 15 is 0 Å². The molecule has 0 atom stereocenters. The number of thiazole rings is 1. The third kappa shape index (κ3) is 4.29. The number of carbonyl (C=O) groups excluding carboxylic acids is 1. The van der Waals surface area contributed by atoms with Gasteiger partial charge in [-0.2, -0.15) is 0 Å². The van der Waals surface area contributed by atoms with Crippen molar-refractivity contribution in [3.05, 3.63) is 57.5 Å². The van der Waals surface area contributed by atoms with E-state index in [9.17, 15) is 9.59 Å². The zero-order valence-electron chi connectivity index (χ0n) is 15.0. The Morgan fingerprint density at radius 2 is 2.15 bits per heavy atom. The molecule has 2 heterocycles. The van der Waals surface area contributed by atoms with Crippen LogP contribution in [0.2, 0.25) is 0 Å². The fourth-order valence-electron chi connectivity index (χ4n) is 2.55. The maximum atomic E-state index is 12.1. The van der Waals surface area contributed by atoms with Crippen molar-refractivity contribution >= 4 is 27.9 Å². The van der Waals surface area contributed by atoms with Crippen LogP contribution in [0.3, 0.4) is 0 Å². The second-order valence-corrected chi connectivity index (χ2v) is 7.45.